The van der Waals surface area contributed by atoms with Crippen LogP contribution in [0.15, 0.2) is 128 Å². The van der Waals surface area contributed by atoms with Gasteiger partial charge in [0.15, 0.2) is 0 Å². The zero-order valence-corrected chi connectivity index (χ0v) is 31.5. The summed E-state index contributed by atoms with van der Waals surface area (Å²) >= 11 is 0. The maximum absolute atomic E-state index is 5.45. The van der Waals surface area contributed by atoms with Crippen molar-refractivity contribution in [3.8, 4) is 39.3 Å². The third-order valence-electron chi connectivity index (χ3n) is 10.0. The minimum absolute atomic E-state index is 0. The van der Waals surface area contributed by atoms with Crippen LogP contribution in [0.25, 0.3) is 83.1 Å². The largest absolute Gasteiger partial charge is 2.00 e. The van der Waals surface area contributed by atoms with Gasteiger partial charge in [-0.05, 0) is 99.1 Å². The van der Waals surface area contributed by atoms with Gasteiger partial charge in [0, 0.05) is 17.0 Å². The third kappa shape index (κ3) is 5.50. The Balaban J connectivity index is 0.00000374. The molecule has 0 saturated heterocycles. The molecular weight excluding hydrogens is 804 g/mol. The second-order valence-corrected chi connectivity index (χ2v) is 14.4. The van der Waals surface area contributed by atoms with Gasteiger partial charge in [-0.15, -0.1) is 40.9 Å². The van der Waals surface area contributed by atoms with Gasteiger partial charge in [-0.1, -0.05) is 99.6 Å². The number of rotatable bonds is 4. The van der Waals surface area contributed by atoms with Gasteiger partial charge >= 0.3 is 21.1 Å². The molecule has 0 aliphatic heterocycles. The van der Waals surface area contributed by atoms with Gasteiger partial charge in [0.25, 0.3) is 0 Å². The van der Waals surface area contributed by atoms with Crippen LogP contribution in [0.2, 0.25) is 0 Å². The van der Waals surface area contributed by atoms with Crippen LogP contribution in [-0.4, -0.2) is 14.5 Å². The van der Waals surface area contributed by atoms with E-state index in [1.165, 1.54) is 33.0 Å². The summed E-state index contributed by atoms with van der Waals surface area (Å²) in [6.07, 6.45) is 1.86. The van der Waals surface area contributed by atoms with E-state index in [0.29, 0.717) is 0 Å². The van der Waals surface area contributed by atoms with E-state index in [9.17, 15) is 0 Å². The molecule has 5 heteroatoms. The Morgan fingerprint density at radius 3 is 2.18 bits per heavy atom. The Hall–Kier alpha value is -5.31. The zero-order chi connectivity index (χ0) is 34.1. The van der Waals surface area contributed by atoms with Crippen molar-refractivity contribution in [3.63, 3.8) is 0 Å². The molecule has 5 aromatic carbocycles. The molecule has 4 aromatic heterocycles. The summed E-state index contributed by atoms with van der Waals surface area (Å²) in [5, 5.41) is 4.62. The standard InChI is InChI=1S/C46H36N4.Pt/c1-28-13-10-14-29(2)43(28)31-24-40(30-15-11-16-33(23-30)50-42-21-9-7-18-35(42)36-19-12-22-47-45(36)50)48-41(25-31)38-27-32(46(3,4)5)26-37-34-17-6-8-20-39(34)49-44(37)38;/h6-22,24-27H,1-5H3;/q-2;+2. The number of para-hydroxylation sites is 2. The topological polar surface area (TPSA) is 44.8 Å². The van der Waals surface area contributed by atoms with Crippen LogP contribution in [0, 0.1) is 19.9 Å². The summed E-state index contributed by atoms with van der Waals surface area (Å²) in [7, 11) is 0. The molecule has 51 heavy (non-hydrogen) atoms. The van der Waals surface area contributed by atoms with Crippen molar-refractivity contribution in [2.75, 3.05) is 0 Å². The zero-order valence-electron chi connectivity index (χ0n) is 29.2. The summed E-state index contributed by atoms with van der Waals surface area (Å²) in [6, 6.07) is 46.8. The smallest absolute Gasteiger partial charge is 0.656 e. The fraction of sp³-hybridized carbons (Fsp3) is 0.130. The molecule has 9 rings (SSSR count). The van der Waals surface area contributed by atoms with E-state index in [1.54, 1.807) is 0 Å². The Morgan fingerprint density at radius 2 is 1.37 bits per heavy atom. The van der Waals surface area contributed by atoms with Gasteiger partial charge < -0.3 is 9.55 Å². The molecule has 0 aliphatic carbocycles. The SMILES string of the molecule is Cc1cccc(C)c1-c1cc(-c2[c-]c(-n3c4ccccc4c4cccnc43)ccc2)nc(-c2cc(C(C)(C)C)cc3c2[n-]c2ccccc23)c1.[Pt+2]. The summed E-state index contributed by atoms with van der Waals surface area (Å²) in [5.41, 5.74) is 14.6. The fourth-order valence-corrected chi connectivity index (χ4v) is 7.50. The van der Waals surface area contributed by atoms with Crippen LogP contribution in [0.5, 0.6) is 0 Å². The quantitative estimate of drug-likeness (QED) is 0.166. The predicted octanol–water partition coefficient (Wildman–Crippen LogP) is 11.6. The summed E-state index contributed by atoms with van der Waals surface area (Å²) < 4.78 is 2.21. The average Bonchev–Trinajstić information content (AvgIpc) is 3.67. The Bertz CT molecular complexity index is 2710. The number of hydrogen-bond donors (Lipinski definition) is 0. The van der Waals surface area contributed by atoms with E-state index in [1.807, 2.05) is 12.3 Å². The van der Waals surface area contributed by atoms with Gasteiger partial charge in [0.1, 0.15) is 5.65 Å². The fourth-order valence-electron chi connectivity index (χ4n) is 7.50. The van der Waals surface area contributed by atoms with Gasteiger partial charge in [0.05, 0.1) is 11.2 Å². The van der Waals surface area contributed by atoms with Crippen LogP contribution < -0.4 is 4.98 Å². The number of fused-ring (bicyclic) bond motifs is 6. The Morgan fingerprint density at radius 1 is 0.667 bits per heavy atom. The van der Waals surface area contributed by atoms with Crippen LogP contribution in [0.3, 0.4) is 0 Å². The minimum Gasteiger partial charge on any atom is -0.656 e. The Kier molecular flexibility index (Phi) is 8.04. The number of hydrogen-bond acceptors (Lipinski definition) is 2. The molecule has 0 N–H and O–H groups in total. The van der Waals surface area contributed by atoms with Crippen molar-refractivity contribution >= 4 is 43.7 Å². The van der Waals surface area contributed by atoms with Crippen LogP contribution in [-0.2, 0) is 26.5 Å². The number of nitrogens with zero attached hydrogens (tertiary/aromatic N) is 4. The Labute approximate surface area is 312 Å². The van der Waals surface area contributed by atoms with Crippen molar-refractivity contribution < 1.29 is 21.1 Å². The first kappa shape index (κ1) is 32.9. The third-order valence-corrected chi connectivity index (χ3v) is 10.0. The molecule has 0 atom stereocenters. The summed E-state index contributed by atoms with van der Waals surface area (Å²) in [5.74, 6) is 0. The normalized spacial score (nSPS) is 11.9. The first-order valence-electron chi connectivity index (χ1n) is 17.2. The molecule has 250 valence electrons. The van der Waals surface area contributed by atoms with Crippen LogP contribution >= 0.6 is 0 Å². The van der Waals surface area contributed by atoms with Crippen molar-refractivity contribution in [2.24, 2.45) is 0 Å². The number of benzene rings is 5. The van der Waals surface area contributed by atoms with E-state index in [0.717, 1.165) is 66.7 Å². The maximum atomic E-state index is 5.45. The molecule has 0 unspecified atom stereocenters. The van der Waals surface area contributed by atoms with Crippen LogP contribution in [0.1, 0.15) is 37.5 Å². The second-order valence-electron chi connectivity index (χ2n) is 14.4. The first-order chi connectivity index (χ1) is 24.2. The van der Waals surface area contributed by atoms with E-state index in [2.05, 4.69) is 161 Å². The molecule has 4 heterocycles. The van der Waals surface area contributed by atoms with Crippen molar-refractivity contribution in [2.45, 2.75) is 40.0 Å². The van der Waals surface area contributed by atoms with Crippen LogP contribution in [0.4, 0.5) is 0 Å². The summed E-state index contributed by atoms with van der Waals surface area (Å²) in [6.45, 7) is 11.2. The van der Waals surface area contributed by atoms with Gasteiger partial charge in [-0.25, -0.2) is 4.98 Å². The molecule has 0 saturated carbocycles. The molecule has 0 fully saturated rings. The van der Waals surface area contributed by atoms with Gasteiger partial charge in [-0.3, -0.25) is 4.98 Å². The second kappa shape index (κ2) is 12.5. The van der Waals surface area contributed by atoms with E-state index in [-0.39, 0.29) is 26.5 Å². The van der Waals surface area contributed by atoms with Gasteiger partial charge in [0.2, 0.25) is 0 Å². The predicted molar refractivity (Wildman–Crippen MR) is 208 cm³/mol. The monoisotopic (exact) mass is 839 g/mol. The molecule has 0 bridgehead atoms. The molecule has 0 amide bonds. The molecule has 0 aliphatic rings. The number of aromatic nitrogens is 4. The molecule has 4 nitrogen and oxygen atoms in total. The maximum Gasteiger partial charge on any atom is 2.00 e. The van der Waals surface area contributed by atoms with Gasteiger partial charge in [-0.2, -0.15) is 0 Å². The number of pyridine rings is 2. The van der Waals surface area contributed by atoms with E-state index >= 15 is 0 Å². The van der Waals surface area contributed by atoms with Crippen molar-refractivity contribution in [1.29, 1.82) is 0 Å². The average molecular weight is 840 g/mol. The molecule has 0 spiro atoms. The summed E-state index contributed by atoms with van der Waals surface area (Å²) in [4.78, 5) is 15.5. The molecule has 0 radical (unpaired) electrons. The first-order valence-corrected chi connectivity index (χ1v) is 17.2. The molecular formula is C46H36N4Pt. The minimum atomic E-state index is -0.0627. The number of aryl methyl sites for hydroxylation is 2. The molecule has 9 aromatic rings. The van der Waals surface area contributed by atoms with Crippen molar-refractivity contribution in [1.82, 2.24) is 19.5 Å². The van der Waals surface area contributed by atoms with Crippen molar-refractivity contribution in [3.05, 3.63) is 150 Å². The van der Waals surface area contributed by atoms with E-state index in [4.69, 9.17) is 15.0 Å². The van der Waals surface area contributed by atoms with E-state index < -0.39 is 0 Å².